The van der Waals surface area contributed by atoms with Gasteiger partial charge >= 0.3 is 0 Å². The van der Waals surface area contributed by atoms with Gasteiger partial charge in [0.15, 0.2) is 0 Å². The van der Waals surface area contributed by atoms with Crippen molar-refractivity contribution in [3.05, 3.63) is 24.0 Å². The molecule has 1 amide bonds. The second-order valence-corrected chi connectivity index (χ2v) is 4.44. The van der Waals surface area contributed by atoms with Gasteiger partial charge in [-0.15, -0.1) is 0 Å². The average Bonchev–Trinajstić information content (AvgIpc) is 2.96. The largest absolute Gasteiger partial charge is 0.357 e. The Balaban J connectivity index is 1.93. The molecule has 1 atom stereocenters. The number of H-pyrrole nitrogens is 1. The molecular formula is C12H19N3O. The summed E-state index contributed by atoms with van der Waals surface area (Å²) in [5.41, 5.74) is 6.34. The van der Waals surface area contributed by atoms with Crippen LogP contribution in [0.3, 0.4) is 0 Å². The summed E-state index contributed by atoms with van der Waals surface area (Å²) in [6.45, 7) is 0.525. The first-order valence-electron chi connectivity index (χ1n) is 5.95. The molecule has 4 nitrogen and oxygen atoms in total. The lowest BCUT2D eigenvalue weighted by Gasteiger charge is -2.22. The van der Waals surface area contributed by atoms with Crippen molar-refractivity contribution in [2.45, 2.75) is 31.7 Å². The zero-order valence-corrected chi connectivity index (χ0v) is 9.41. The van der Waals surface area contributed by atoms with Crippen LogP contribution in [0, 0.1) is 5.92 Å². The number of hydrogen-bond donors (Lipinski definition) is 3. The minimum Gasteiger partial charge on any atom is -0.357 e. The van der Waals surface area contributed by atoms with E-state index in [2.05, 4.69) is 10.3 Å². The number of carbonyl (C=O) groups excluding carboxylic acids is 1. The fraction of sp³-hybridized carbons (Fsp3) is 0.583. The second kappa shape index (κ2) is 5.16. The number of nitrogens with two attached hydrogens (primary N) is 1. The van der Waals surface area contributed by atoms with Crippen molar-refractivity contribution in [1.29, 1.82) is 0 Å². The molecule has 1 unspecified atom stereocenters. The highest BCUT2D eigenvalue weighted by Crippen LogP contribution is 2.27. The maximum Gasteiger partial charge on any atom is 0.267 e. The predicted molar refractivity (Wildman–Crippen MR) is 63.1 cm³/mol. The van der Waals surface area contributed by atoms with Gasteiger partial charge in [-0.3, -0.25) is 4.79 Å². The van der Waals surface area contributed by atoms with Gasteiger partial charge < -0.3 is 16.0 Å². The van der Waals surface area contributed by atoms with Gasteiger partial charge in [-0.2, -0.15) is 0 Å². The van der Waals surface area contributed by atoms with Crippen LogP contribution in [0.1, 0.15) is 36.2 Å². The van der Waals surface area contributed by atoms with Crippen molar-refractivity contribution in [2.75, 3.05) is 6.54 Å². The average molecular weight is 221 g/mol. The van der Waals surface area contributed by atoms with E-state index in [0.29, 0.717) is 18.2 Å². The van der Waals surface area contributed by atoms with Crippen molar-refractivity contribution in [2.24, 2.45) is 11.7 Å². The highest BCUT2D eigenvalue weighted by molar-refractivity contribution is 5.92. The van der Waals surface area contributed by atoms with Gasteiger partial charge in [0.05, 0.1) is 0 Å². The van der Waals surface area contributed by atoms with Crippen LogP contribution < -0.4 is 11.1 Å². The molecule has 1 aromatic heterocycles. The van der Waals surface area contributed by atoms with E-state index < -0.39 is 0 Å². The van der Waals surface area contributed by atoms with Gasteiger partial charge in [0.25, 0.3) is 5.91 Å². The first kappa shape index (κ1) is 11.2. The van der Waals surface area contributed by atoms with Crippen LogP contribution in [0.5, 0.6) is 0 Å². The Kier molecular flexibility index (Phi) is 3.62. The Morgan fingerprint density at radius 3 is 2.88 bits per heavy atom. The molecule has 1 fully saturated rings. The van der Waals surface area contributed by atoms with Crippen LogP contribution in [-0.4, -0.2) is 23.5 Å². The van der Waals surface area contributed by atoms with Crippen LogP contribution in [0.4, 0.5) is 0 Å². The molecule has 88 valence electrons. The van der Waals surface area contributed by atoms with E-state index in [9.17, 15) is 4.79 Å². The van der Waals surface area contributed by atoms with Crippen LogP contribution in [0.2, 0.25) is 0 Å². The summed E-state index contributed by atoms with van der Waals surface area (Å²) in [4.78, 5) is 14.7. The second-order valence-electron chi connectivity index (χ2n) is 4.44. The number of rotatable bonds is 4. The quantitative estimate of drug-likeness (QED) is 0.716. The topological polar surface area (TPSA) is 70.9 Å². The Morgan fingerprint density at radius 1 is 1.56 bits per heavy atom. The lowest BCUT2D eigenvalue weighted by atomic mass is 9.98. The molecular weight excluding hydrogens is 202 g/mol. The maximum atomic E-state index is 11.8. The molecule has 1 aliphatic carbocycles. The number of carbonyl (C=O) groups is 1. The van der Waals surface area contributed by atoms with E-state index in [1.54, 1.807) is 12.3 Å². The molecule has 0 aliphatic heterocycles. The summed E-state index contributed by atoms with van der Waals surface area (Å²) in [7, 11) is 0. The van der Waals surface area contributed by atoms with Gasteiger partial charge in [0.2, 0.25) is 0 Å². The molecule has 4 N–H and O–H groups in total. The summed E-state index contributed by atoms with van der Waals surface area (Å²) < 4.78 is 0. The molecule has 1 heterocycles. The zero-order valence-electron chi connectivity index (χ0n) is 9.41. The third kappa shape index (κ3) is 2.44. The molecule has 1 aliphatic rings. The lowest BCUT2D eigenvalue weighted by Crippen LogP contribution is -2.44. The highest BCUT2D eigenvalue weighted by atomic mass is 16.1. The first-order chi connectivity index (χ1) is 7.81. The number of aromatic amines is 1. The lowest BCUT2D eigenvalue weighted by molar-refractivity contribution is 0.0919. The molecule has 0 saturated heterocycles. The fourth-order valence-electron chi connectivity index (χ4n) is 2.45. The number of hydrogen-bond acceptors (Lipinski definition) is 2. The normalized spacial score (nSPS) is 18.6. The third-order valence-corrected chi connectivity index (χ3v) is 3.38. The Labute approximate surface area is 95.6 Å². The van der Waals surface area contributed by atoms with Gasteiger partial charge in [0, 0.05) is 18.8 Å². The summed E-state index contributed by atoms with van der Waals surface area (Å²) in [6, 6.07) is 3.72. The predicted octanol–water partition coefficient (Wildman–Crippen LogP) is 1.26. The SMILES string of the molecule is NCC(NC(=O)c1ccc[nH]1)C1CCCC1. The number of amides is 1. The van der Waals surface area contributed by atoms with E-state index in [1.165, 1.54) is 25.7 Å². The summed E-state index contributed by atoms with van der Waals surface area (Å²) in [6.07, 6.45) is 6.65. The standard InChI is InChI=1S/C12H19N3O/c13-8-11(9-4-1-2-5-9)15-12(16)10-6-3-7-14-10/h3,6-7,9,11,14H,1-2,4-5,8,13H2,(H,15,16). The molecule has 0 spiro atoms. The molecule has 1 aromatic rings. The van der Waals surface area contributed by atoms with E-state index in [1.807, 2.05) is 6.07 Å². The zero-order chi connectivity index (χ0) is 11.4. The molecule has 1 saturated carbocycles. The summed E-state index contributed by atoms with van der Waals surface area (Å²) >= 11 is 0. The Morgan fingerprint density at radius 2 is 2.31 bits per heavy atom. The molecule has 0 bridgehead atoms. The maximum absolute atomic E-state index is 11.8. The minimum atomic E-state index is -0.0487. The van der Waals surface area contributed by atoms with Crippen LogP contribution in [0.15, 0.2) is 18.3 Å². The van der Waals surface area contributed by atoms with Crippen molar-refractivity contribution >= 4 is 5.91 Å². The van der Waals surface area contributed by atoms with Crippen molar-refractivity contribution in [1.82, 2.24) is 10.3 Å². The summed E-state index contributed by atoms with van der Waals surface area (Å²) in [5, 5.41) is 3.02. The Bertz CT molecular complexity index is 328. The highest BCUT2D eigenvalue weighted by Gasteiger charge is 2.25. The van der Waals surface area contributed by atoms with E-state index >= 15 is 0 Å². The molecule has 16 heavy (non-hydrogen) atoms. The van der Waals surface area contributed by atoms with E-state index in [-0.39, 0.29) is 11.9 Å². The number of aromatic nitrogens is 1. The van der Waals surface area contributed by atoms with E-state index in [4.69, 9.17) is 5.73 Å². The fourth-order valence-corrected chi connectivity index (χ4v) is 2.45. The van der Waals surface area contributed by atoms with Gasteiger partial charge in [0.1, 0.15) is 5.69 Å². The van der Waals surface area contributed by atoms with Crippen molar-refractivity contribution in [3.63, 3.8) is 0 Å². The number of nitrogens with one attached hydrogen (secondary N) is 2. The molecule has 4 heteroatoms. The molecule has 0 radical (unpaired) electrons. The van der Waals surface area contributed by atoms with Crippen molar-refractivity contribution < 1.29 is 4.79 Å². The van der Waals surface area contributed by atoms with E-state index in [0.717, 1.165) is 0 Å². The van der Waals surface area contributed by atoms with Crippen LogP contribution in [0.25, 0.3) is 0 Å². The molecule has 0 aromatic carbocycles. The summed E-state index contributed by atoms with van der Waals surface area (Å²) in [5.74, 6) is 0.510. The van der Waals surface area contributed by atoms with Crippen LogP contribution in [-0.2, 0) is 0 Å². The van der Waals surface area contributed by atoms with Gasteiger partial charge in [-0.25, -0.2) is 0 Å². The smallest absolute Gasteiger partial charge is 0.267 e. The monoisotopic (exact) mass is 221 g/mol. The third-order valence-electron chi connectivity index (χ3n) is 3.38. The van der Waals surface area contributed by atoms with Crippen LogP contribution >= 0.6 is 0 Å². The Hall–Kier alpha value is -1.29. The van der Waals surface area contributed by atoms with Gasteiger partial charge in [-0.1, -0.05) is 12.8 Å². The van der Waals surface area contributed by atoms with Gasteiger partial charge in [-0.05, 0) is 30.9 Å². The minimum absolute atomic E-state index is 0.0487. The molecule has 2 rings (SSSR count). The first-order valence-corrected chi connectivity index (χ1v) is 5.95. The van der Waals surface area contributed by atoms with Crippen molar-refractivity contribution in [3.8, 4) is 0 Å².